The van der Waals surface area contributed by atoms with Gasteiger partial charge in [-0.05, 0) is 13.8 Å². The van der Waals surface area contributed by atoms with Crippen LogP contribution in [0.3, 0.4) is 0 Å². The zero-order valence-electron chi connectivity index (χ0n) is 10.3. The van der Waals surface area contributed by atoms with Crippen molar-refractivity contribution in [1.82, 2.24) is 0 Å². The van der Waals surface area contributed by atoms with Crippen molar-refractivity contribution >= 4 is 0 Å². The summed E-state index contributed by atoms with van der Waals surface area (Å²) in [6, 6.07) is 0. The fraction of sp³-hybridized carbons (Fsp3) is 1.00. The summed E-state index contributed by atoms with van der Waals surface area (Å²) in [5.74, 6) is -0.442. The van der Waals surface area contributed by atoms with E-state index in [1.54, 1.807) is 0 Å². The number of rotatable bonds is 2. The molecule has 2 aliphatic heterocycles. The van der Waals surface area contributed by atoms with Crippen LogP contribution in [0.5, 0.6) is 0 Å². The van der Waals surface area contributed by atoms with Crippen molar-refractivity contribution in [3.05, 3.63) is 0 Å². The monoisotopic (exact) mass is 216 g/mol. The summed E-state index contributed by atoms with van der Waals surface area (Å²) in [7, 11) is 6.49. The fourth-order valence-corrected chi connectivity index (χ4v) is 2.32. The maximum absolute atomic E-state index is 5.87. The van der Waals surface area contributed by atoms with Gasteiger partial charge in [-0.3, -0.25) is 0 Å². The van der Waals surface area contributed by atoms with E-state index in [1.807, 2.05) is 13.8 Å². The largest absolute Gasteiger partial charge is 0.367 e. The molecule has 88 valence electrons. The van der Waals surface area contributed by atoms with Crippen molar-refractivity contribution < 1.29 is 18.7 Å². The lowest BCUT2D eigenvalue weighted by Crippen LogP contribution is -2.46. The van der Waals surface area contributed by atoms with Gasteiger partial charge >= 0.3 is 0 Å². The van der Waals surface area contributed by atoms with E-state index >= 15 is 0 Å². The molecule has 0 aromatic heterocycles. The highest BCUT2D eigenvalue weighted by atomic mass is 16.8. The first-order valence-corrected chi connectivity index (χ1v) is 5.55. The molecule has 0 aromatic carbocycles. The second kappa shape index (κ2) is 3.42. The summed E-state index contributed by atoms with van der Waals surface area (Å²) in [5.41, 5.74) is 0. The second-order valence-electron chi connectivity index (χ2n) is 5.98. The highest BCUT2D eigenvalue weighted by Crippen LogP contribution is 2.35. The summed E-state index contributed by atoms with van der Waals surface area (Å²) in [6.07, 6.45) is 0.394. The lowest BCUT2D eigenvalue weighted by atomic mass is 10.1. The third kappa shape index (κ3) is 2.50. The first kappa shape index (κ1) is 11.3. The first-order valence-electron chi connectivity index (χ1n) is 5.55. The van der Waals surface area contributed by atoms with Gasteiger partial charge in [-0.2, -0.15) is 0 Å². The number of quaternary nitrogens is 1. The molecule has 0 radical (unpaired) electrons. The molecule has 2 aliphatic rings. The van der Waals surface area contributed by atoms with Crippen molar-refractivity contribution in [2.45, 2.75) is 37.9 Å². The third-order valence-electron chi connectivity index (χ3n) is 2.79. The molecular formula is C11H22NO3+. The minimum absolute atomic E-state index is 0.109. The highest BCUT2D eigenvalue weighted by Gasteiger charge is 2.51. The van der Waals surface area contributed by atoms with Gasteiger partial charge in [-0.15, -0.1) is 0 Å². The smallest absolute Gasteiger partial charge is 0.164 e. The number of fused-ring (bicyclic) bond motifs is 1. The average Bonchev–Trinajstić information content (AvgIpc) is 2.45. The Morgan fingerprint density at radius 3 is 2.47 bits per heavy atom. The Kier molecular flexibility index (Phi) is 2.58. The van der Waals surface area contributed by atoms with Gasteiger partial charge in [-0.1, -0.05) is 0 Å². The van der Waals surface area contributed by atoms with Crippen LogP contribution in [0.15, 0.2) is 0 Å². The van der Waals surface area contributed by atoms with E-state index < -0.39 is 5.79 Å². The van der Waals surface area contributed by atoms with Crippen LogP contribution in [-0.4, -0.2) is 62.9 Å². The molecule has 0 aliphatic carbocycles. The molecule has 0 aromatic rings. The van der Waals surface area contributed by atoms with E-state index in [0.29, 0.717) is 6.61 Å². The topological polar surface area (TPSA) is 27.7 Å². The SMILES string of the molecule is CC1(C)O[C@H]2[C@H](C[N+](C)(C)C)OC[C@H]2O1. The fourth-order valence-electron chi connectivity index (χ4n) is 2.32. The molecule has 0 bridgehead atoms. The Bertz CT molecular complexity index is 247. The van der Waals surface area contributed by atoms with Gasteiger partial charge in [0.25, 0.3) is 0 Å². The Morgan fingerprint density at radius 2 is 1.87 bits per heavy atom. The Hall–Kier alpha value is -0.160. The zero-order chi connectivity index (χ0) is 11.3. The van der Waals surface area contributed by atoms with Gasteiger partial charge in [0.1, 0.15) is 24.9 Å². The zero-order valence-corrected chi connectivity index (χ0v) is 10.3. The number of hydrogen-bond acceptors (Lipinski definition) is 3. The highest BCUT2D eigenvalue weighted by molar-refractivity contribution is 4.92. The van der Waals surface area contributed by atoms with Crippen LogP contribution in [0.2, 0.25) is 0 Å². The van der Waals surface area contributed by atoms with E-state index in [4.69, 9.17) is 14.2 Å². The lowest BCUT2D eigenvalue weighted by molar-refractivity contribution is -0.873. The van der Waals surface area contributed by atoms with Crippen LogP contribution in [0.1, 0.15) is 13.8 Å². The normalized spacial score (nSPS) is 39.4. The lowest BCUT2D eigenvalue weighted by Gasteiger charge is -2.29. The van der Waals surface area contributed by atoms with Crippen molar-refractivity contribution in [2.24, 2.45) is 0 Å². The minimum atomic E-state index is -0.442. The Morgan fingerprint density at radius 1 is 1.20 bits per heavy atom. The van der Waals surface area contributed by atoms with E-state index in [1.165, 1.54) is 0 Å². The van der Waals surface area contributed by atoms with E-state index in [2.05, 4.69) is 21.1 Å². The van der Waals surface area contributed by atoms with Gasteiger partial charge in [0.15, 0.2) is 5.79 Å². The van der Waals surface area contributed by atoms with Gasteiger partial charge < -0.3 is 18.7 Å². The van der Waals surface area contributed by atoms with Gasteiger partial charge in [0.2, 0.25) is 0 Å². The summed E-state index contributed by atoms with van der Waals surface area (Å²) in [4.78, 5) is 0. The average molecular weight is 216 g/mol. The molecule has 3 atom stereocenters. The third-order valence-corrected chi connectivity index (χ3v) is 2.79. The van der Waals surface area contributed by atoms with Crippen molar-refractivity contribution in [3.63, 3.8) is 0 Å². The molecule has 4 heteroatoms. The summed E-state index contributed by atoms with van der Waals surface area (Å²) >= 11 is 0. The quantitative estimate of drug-likeness (QED) is 0.633. The minimum Gasteiger partial charge on any atom is -0.367 e. The predicted molar refractivity (Wildman–Crippen MR) is 56.5 cm³/mol. The number of nitrogens with zero attached hydrogens (tertiary/aromatic N) is 1. The van der Waals surface area contributed by atoms with Crippen LogP contribution >= 0.6 is 0 Å². The van der Waals surface area contributed by atoms with Crippen LogP contribution < -0.4 is 0 Å². The Balaban J connectivity index is 2.00. The number of hydrogen-bond donors (Lipinski definition) is 0. The maximum atomic E-state index is 5.87. The molecule has 0 N–H and O–H groups in total. The molecule has 2 fully saturated rings. The van der Waals surface area contributed by atoms with Crippen molar-refractivity contribution in [1.29, 1.82) is 0 Å². The number of ether oxygens (including phenoxy) is 3. The van der Waals surface area contributed by atoms with Gasteiger partial charge in [0.05, 0.1) is 27.7 Å². The molecule has 15 heavy (non-hydrogen) atoms. The molecule has 0 saturated carbocycles. The van der Waals surface area contributed by atoms with Crippen LogP contribution in [0.25, 0.3) is 0 Å². The summed E-state index contributed by atoms with van der Waals surface area (Å²) < 4.78 is 18.2. The predicted octanol–water partition coefficient (Wildman–Crippen LogP) is 0.611. The van der Waals surface area contributed by atoms with Gasteiger partial charge in [-0.25, -0.2) is 0 Å². The van der Waals surface area contributed by atoms with E-state index in [-0.39, 0.29) is 18.3 Å². The maximum Gasteiger partial charge on any atom is 0.164 e. The van der Waals surface area contributed by atoms with Crippen LogP contribution in [-0.2, 0) is 14.2 Å². The van der Waals surface area contributed by atoms with Crippen LogP contribution in [0.4, 0.5) is 0 Å². The number of likely N-dealkylation sites (N-methyl/N-ethyl adjacent to an activating group) is 1. The first-order chi connectivity index (χ1) is 6.77. The van der Waals surface area contributed by atoms with E-state index in [0.717, 1.165) is 11.0 Å². The summed E-state index contributed by atoms with van der Waals surface area (Å²) in [5, 5.41) is 0. The van der Waals surface area contributed by atoms with Crippen molar-refractivity contribution in [2.75, 3.05) is 34.3 Å². The molecule has 2 rings (SSSR count). The van der Waals surface area contributed by atoms with Crippen LogP contribution in [0, 0.1) is 0 Å². The molecule has 4 nitrogen and oxygen atoms in total. The second-order valence-corrected chi connectivity index (χ2v) is 5.98. The molecule has 2 heterocycles. The molecule has 0 amide bonds. The molecular weight excluding hydrogens is 194 g/mol. The van der Waals surface area contributed by atoms with E-state index in [9.17, 15) is 0 Å². The van der Waals surface area contributed by atoms with Gasteiger partial charge in [0, 0.05) is 0 Å². The molecule has 2 saturated heterocycles. The Labute approximate surface area is 91.7 Å². The summed E-state index contributed by atoms with van der Waals surface area (Å²) in [6.45, 7) is 5.56. The van der Waals surface area contributed by atoms with Crippen molar-refractivity contribution in [3.8, 4) is 0 Å². The molecule has 0 spiro atoms. The molecule has 0 unspecified atom stereocenters. The standard InChI is InChI=1S/C11H22NO3/c1-11(2)14-9-7-13-8(10(9)15-11)6-12(3,4)5/h8-10H,6-7H2,1-5H3/q+1/t8-,9+,10-/m0/s1.